The largest absolute Gasteiger partial charge is 0.463 e. The van der Waals surface area contributed by atoms with Gasteiger partial charge < -0.3 is 15.0 Å². The van der Waals surface area contributed by atoms with Gasteiger partial charge in [0.05, 0.1) is 11.5 Å². The number of nitrogens with zero attached hydrogens (tertiary/aromatic N) is 2. The first-order valence-corrected chi connectivity index (χ1v) is 10.4. The lowest BCUT2D eigenvalue weighted by atomic mass is 9.76. The van der Waals surface area contributed by atoms with Crippen molar-refractivity contribution < 1.29 is 9.53 Å². The van der Waals surface area contributed by atoms with Crippen molar-refractivity contribution in [1.29, 1.82) is 5.26 Å². The summed E-state index contributed by atoms with van der Waals surface area (Å²) in [6.45, 7) is 4.37. The minimum Gasteiger partial charge on any atom is -0.463 e. The van der Waals surface area contributed by atoms with Gasteiger partial charge in [-0.15, -0.1) is 0 Å². The molecule has 5 heteroatoms. The molecule has 0 fully saturated rings. The van der Waals surface area contributed by atoms with Crippen LogP contribution in [0.5, 0.6) is 5.75 Å². The summed E-state index contributed by atoms with van der Waals surface area (Å²) in [5.41, 5.74) is 1.85. The van der Waals surface area contributed by atoms with E-state index in [0.717, 1.165) is 33.3 Å². The molecule has 2 aliphatic rings. The van der Waals surface area contributed by atoms with Gasteiger partial charge in [0.1, 0.15) is 18.8 Å². The van der Waals surface area contributed by atoms with Crippen molar-refractivity contribution in [3.8, 4) is 11.8 Å². The summed E-state index contributed by atoms with van der Waals surface area (Å²) in [5, 5.41) is 13.8. The molecule has 2 aliphatic heterocycles. The van der Waals surface area contributed by atoms with Crippen molar-refractivity contribution in [1.82, 2.24) is 5.32 Å². The first-order chi connectivity index (χ1) is 15.0. The maximum atomic E-state index is 12.6. The standard InChI is InChI=1S/C26H23N3O2/c1-25(2)21-9-5-6-10-22(21)29(17-24(30)28-16-15-27)26(25)14-13-20-19-8-4-3-7-18(19)11-12-23(20)31-26/h3-14H,16-17H2,1-2H3,(H,28,30). The molecule has 0 saturated heterocycles. The quantitative estimate of drug-likeness (QED) is 0.652. The Morgan fingerprint density at radius 3 is 2.71 bits per heavy atom. The van der Waals surface area contributed by atoms with Crippen LogP contribution in [0.25, 0.3) is 16.8 Å². The minimum absolute atomic E-state index is 0.0176. The molecule has 0 aliphatic carbocycles. The molecule has 2 heterocycles. The number of nitriles is 1. The molecule has 1 amide bonds. The van der Waals surface area contributed by atoms with Crippen LogP contribution in [0.1, 0.15) is 25.0 Å². The zero-order valence-electron chi connectivity index (χ0n) is 17.6. The predicted molar refractivity (Wildman–Crippen MR) is 122 cm³/mol. The summed E-state index contributed by atoms with van der Waals surface area (Å²) in [5.74, 6) is 0.583. The third-order valence-electron chi connectivity index (χ3n) is 6.50. The molecule has 1 N–H and O–H groups in total. The van der Waals surface area contributed by atoms with Gasteiger partial charge >= 0.3 is 0 Å². The second-order valence-corrected chi connectivity index (χ2v) is 8.49. The van der Waals surface area contributed by atoms with Crippen LogP contribution in [0.15, 0.2) is 66.7 Å². The topological polar surface area (TPSA) is 65.4 Å². The number of carbonyl (C=O) groups is 1. The Hall–Kier alpha value is -3.78. The van der Waals surface area contributed by atoms with Crippen LogP contribution < -0.4 is 15.0 Å². The Morgan fingerprint density at radius 2 is 1.87 bits per heavy atom. The van der Waals surface area contributed by atoms with Crippen LogP contribution >= 0.6 is 0 Å². The van der Waals surface area contributed by atoms with Gasteiger partial charge in [-0.2, -0.15) is 5.26 Å². The monoisotopic (exact) mass is 409 g/mol. The normalized spacial score (nSPS) is 20.1. The van der Waals surface area contributed by atoms with Crippen molar-refractivity contribution in [2.24, 2.45) is 0 Å². The molecule has 5 nitrogen and oxygen atoms in total. The van der Waals surface area contributed by atoms with Crippen LogP contribution in [0, 0.1) is 11.3 Å². The lowest BCUT2D eigenvalue weighted by molar-refractivity contribution is -0.120. The van der Waals surface area contributed by atoms with Gasteiger partial charge in [0.25, 0.3) is 0 Å². The maximum Gasteiger partial charge on any atom is 0.240 e. The van der Waals surface area contributed by atoms with E-state index in [1.165, 1.54) is 0 Å². The molecular weight excluding hydrogens is 386 g/mol. The Morgan fingerprint density at radius 1 is 1.10 bits per heavy atom. The molecule has 154 valence electrons. The van der Waals surface area contributed by atoms with Crippen molar-refractivity contribution in [3.05, 3.63) is 77.9 Å². The van der Waals surface area contributed by atoms with Crippen molar-refractivity contribution >= 4 is 28.4 Å². The Kier molecular flexibility index (Phi) is 4.26. The van der Waals surface area contributed by atoms with E-state index in [-0.39, 0.29) is 19.0 Å². The summed E-state index contributed by atoms with van der Waals surface area (Å²) in [6, 6.07) is 22.4. The number of rotatable bonds is 3. The SMILES string of the molecule is CC1(C)c2ccccc2N(CC(=O)NCC#N)C12C=Cc1c(ccc3ccccc13)O2. The summed E-state index contributed by atoms with van der Waals surface area (Å²) < 4.78 is 6.80. The number of hydrogen-bond acceptors (Lipinski definition) is 4. The highest BCUT2D eigenvalue weighted by Crippen LogP contribution is 2.55. The van der Waals surface area contributed by atoms with E-state index in [2.05, 4.69) is 55.6 Å². The number of fused-ring (bicyclic) bond motifs is 4. The second kappa shape index (κ2) is 6.88. The van der Waals surface area contributed by atoms with E-state index < -0.39 is 11.1 Å². The van der Waals surface area contributed by atoms with E-state index in [1.807, 2.05) is 47.4 Å². The number of nitrogens with one attached hydrogen (secondary N) is 1. The zero-order valence-corrected chi connectivity index (χ0v) is 17.6. The van der Waals surface area contributed by atoms with E-state index in [0.29, 0.717) is 0 Å². The molecule has 0 aromatic heterocycles. The fraction of sp³-hybridized carbons (Fsp3) is 0.231. The number of benzene rings is 3. The van der Waals surface area contributed by atoms with E-state index in [1.54, 1.807) is 0 Å². The van der Waals surface area contributed by atoms with Gasteiger partial charge in [-0.05, 0) is 54.5 Å². The van der Waals surface area contributed by atoms with Crippen LogP contribution in [0.2, 0.25) is 0 Å². The molecule has 1 spiro atoms. The molecule has 1 atom stereocenters. The number of amides is 1. The van der Waals surface area contributed by atoms with Crippen molar-refractivity contribution in [2.75, 3.05) is 18.0 Å². The van der Waals surface area contributed by atoms with Gasteiger partial charge in [0.2, 0.25) is 11.6 Å². The molecule has 0 radical (unpaired) electrons. The van der Waals surface area contributed by atoms with Gasteiger partial charge in [-0.25, -0.2) is 0 Å². The first kappa shape index (κ1) is 19.2. The molecule has 1 unspecified atom stereocenters. The third kappa shape index (κ3) is 2.72. The third-order valence-corrected chi connectivity index (χ3v) is 6.50. The van der Waals surface area contributed by atoms with E-state index in [9.17, 15) is 4.79 Å². The fourth-order valence-corrected chi connectivity index (χ4v) is 4.90. The molecule has 5 rings (SSSR count). The highest BCUT2D eigenvalue weighted by molar-refractivity contribution is 5.94. The molecule has 31 heavy (non-hydrogen) atoms. The molecule has 0 bridgehead atoms. The first-order valence-electron chi connectivity index (χ1n) is 10.4. The maximum absolute atomic E-state index is 12.6. The number of carbonyl (C=O) groups excluding carboxylic acids is 1. The summed E-state index contributed by atoms with van der Waals surface area (Å²) in [4.78, 5) is 14.7. The zero-order chi connectivity index (χ0) is 21.6. The van der Waals surface area contributed by atoms with E-state index >= 15 is 0 Å². The fourth-order valence-electron chi connectivity index (χ4n) is 4.90. The molecule has 3 aromatic carbocycles. The average Bonchev–Trinajstić information content (AvgIpc) is 2.96. The van der Waals surface area contributed by atoms with Crippen LogP contribution in [0.3, 0.4) is 0 Å². The van der Waals surface area contributed by atoms with Crippen LogP contribution in [-0.4, -0.2) is 24.7 Å². The second-order valence-electron chi connectivity index (χ2n) is 8.49. The molecule has 3 aromatic rings. The number of hydrogen-bond donors (Lipinski definition) is 1. The summed E-state index contributed by atoms with van der Waals surface area (Å²) >= 11 is 0. The highest BCUT2D eigenvalue weighted by Gasteiger charge is 2.59. The number of para-hydroxylation sites is 1. The molecular formula is C26H23N3O2. The lowest BCUT2D eigenvalue weighted by Crippen LogP contribution is -2.61. The van der Waals surface area contributed by atoms with Crippen molar-refractivity contribution in [3.63, 3.8) is 0 Å². The summed E-state index contributed by atoms with van der Waals surface area (Å²) in [6.07, 6.45) is 4.20. The van der Waals surface area contributed by atoms with Gasteiger partial charge in [0.15, 0.2) is 0 Å². The van der Waals surface area contributed by atoms with Gasteiger partial charge in [-0.3, -0.25) is 4.79 Å². The van der Waals surface area contributed by atoms with Crippen molar-refractivity contribution in [2.45, 2.75) is 25.0 Å². The van der Waals surface area contributed by atoms with Crippen LogP contribution in [-0.2, 0) is 10.2 Å². The number of ether oxygens (including phenoxy) is 1. The Labute approximate surface area is 181 Å². The smallest absolute Gasteiger partial charge is 0.240 e. The lowest BCUT2D eigenvalue weighted by Gasteiger charge is -2.47. The van der Waals surface area contributed by atoms with Crippen LogP contribution in [0.4, 0.5) is 5.69 Å². The average molecular weight is 409 g/mol. The molecule has 0 saturated carbocycles. The number of anilines is 1. The predicted octanol–water partition coefficient (Wildman–Crippen LogP) is 4.38. The van der Waals surface area contributed by atoms with E-state index in [4.69, 9.17) is 10.00 Å². The van der Waals surface area contributed by atoms with Gasteiger partial charge in [-0.1, -0.05) is 48.5 Å². The Bertz CT molecular complexity index is 1270. The summed E-state index contributed by atoms with van der Waals surface area (Å²) in [7, 11) is 0. The Balaban J connectivity index is 1.64. The highest BCUT2D eigenvalue weighted by atomic mass is 16.5. The van der Waals surface area contributed by atoms with Gasteiger partial charge in [0, 0.05) is 11.3 Å². The minimum atomic E-state index is -0.865.